The van der Waals surface area contributed by atoms with Crippen LogP contribution in [0.3, 0.4) is 0 Å². The molecule has 0 amide bonds. The Bertz CT molecular complexity index is 210. The van der Waals surface area contributed by atoms with Crippen LogP contribution < -0.4 is 5.32 Å². The van der Waals surface area contributed by atoms with Gasteiger partial charge in [0, 0.05) is 31.9 Å². The highest BCUT2D eigenvalue weighted by atomic mass is 15.2. The quantitative estimate of drug-likeness (QED) is 0.659. The first-order valence-corrected chi connectivity index (χ1v) is 4.78. The van der Waals surface area contributed by atoms with Gasteiger partial charge in [0.05, 0.1) is 0 Å². The lowest BCUT2D eigenvalue weighted by Crippen LogP contribution is -2.42. The molecule has 0 radical (unpaired) electrons. The van der Waals surface area contributed by atoms with Crippen molar-refractivity contribution >= 4 is 0 Å². The van der Waals surface area contributed by atoms with Crippen LogP contribution in [-0.2, 0) is 0 Å². The number of nitrogens with one attached hydrogen (secondary N) is 1. The summed E-state index contributed by atoms with van der Waals surface area (Å²) in [5, 5.41) is 3.32. The largest absolute Gasteiger partial charge is 0.369 e. The zero-order valence-electron chi connectivity index (χ0n) is 8.29. The summed E-state index contributed by atoms with van der Waals surface area (Å²) in [5.41, 5.74) is 1.11. The topological polar surface area (TPSA) is 15.3 Å². The summed E-state index contributed by atoms with van der Waals surface area (Å²) >= 11 is 0. The van der Waals surface area contributed by atoms with Crippen LogP contribution >= 0.6 is 0 Å². The van der Waals surface area contributed by atoms with Crippen LogP contribution in [0.5, 0.6) is 0 Å². The molecule has 0 spiro atoms. The zero-order chi connectivity index (χ0) is 9.52. The molecule has 1 saturated heterocycles. The maximum atomic E-state index is 4.03. The van der Waals surface area contributed by atoms with Crippen molar-refractivity contribution in [1.29, 1.82) is 0 Å². The highest BCUT2D eigenvalue weighted by Crippen LogP contribution is 2.04. The van der Waals surface area contributed by atoms with Crippen LogP contribution in [0.1, 0.15) is 6.92 Å². The molecule has 0 atom stereocenters. The number of nitrogens with zero attached hydrogens (tertiary/aromatic N) is 1. The van der Waals surface area contributed by atoms with Crippen molar-refractivity contribution < 1.29 is 0 Å². The molecule has 1 aliphatic heterocycles. The SMILES string of the molecule is C=C(/C=C\C=C/C)N1CCNCC1. The van der Waals surface area contributed by atoms with Crippen LogP contribution in [0.15, 0.2) is 36.6 Å². The van der Waals surface area contributed by atoms with Gasteiger partial charge in [-0.15, -0.1) is 0 Å². The third-order valence-corrected chi connectivity index (χ3v) is 2.12. The molecule has 1 heterocycles. The van der Waals surface area contributed by atoms with Gasteiger partial charge in [-0.1, -0.05) is 24.8 Å². The molecule has 72 valence electrons. The van der Waals surface area contributed by atoms with Crippen LogP contribution in [-0.4, -0.2) is 31.1 Å². The van der Waals surface area contributed by atoms with Gasteiger partial charge in [-0.2, -0.15) is 0 Å². The van der Waals surface area contributed by atoms with Crippen molar-refractivity contribution in [2.75, 3.05) is 26.2 Å². The summed E-state index contributed by atoms with van der Waals surface area (Å²) in [7, 11) is 0. The minimum absolute atomic E-state index is 1.07. The summed E-state index contributed by atoms with van der Waals surface area (Å²) in [6, 6.07) is 0. The lowest BCUT2D eigenvalue weighted by atomic mass is 10.3. The van der Waals surface area contributed by atoms with Crippen LogP contribution in [0.2, 0.25) is 0 Å². The summed E-state index contributed by atoms with van der Waals surface area (Å²) in [6.45, 7) is 10.3. The second-order valence-corrected chi connectivity index (χ2v) is 3.11. The molecule has 2 heteroatoms. The van der Waals surface area contributed by atoms with Crippen LogP contribution in [0.4, 0.5) is 0 Å². The summed E-state index contributed by atoms with van der Waals surface area (Å²) in [4.78, 5) is 2.30. The molecule has 1 rings (SSSR count). The second-order valence-electron chi connectivity index (χ2n) is 3.11. The third-order valence-electron chi connectivity index (χ3n) is 2.12. The van der Waals surface area contributed by atoms with E-state index in [9.17, 15) is 0 Å². The van der Waals surface area contributed by atoms with Crippen LogP contribution in [0.25, 0.3) is 0 Å². The molecule has 1 N–H and O–H groups in total. The van der Waals surface area contributed by atoms with Gasteiger partial charge in [-0.25, -0.2) is 0 Å². The minimum atomic E-state index is 1.07. The average molecular weight is 178 g/mol. The van der Waals surface area contributed by atoms with Crippen molar-refractivity contribution in [3.05, 3.63) is 36.6 Å². The first-order valence-electron chi connectivity index (χ1n) is 4.78. The fourth-order valence-corrected chi connectivity index (χ4v) is 1.34. The predicted octanol–water partition coefficient (Wildman–Crippen LogP) is 1.54. The fourth-order valence-electron chi connectivity index (χ4n) is 1.34. The number of rotatable bonds is 3. The Balaban J connectivity index is 2.37. The smallest absolute Gasteiger partial charge is 0.0303 e. The lowest BCUT2D eigenvalue weighted by molar-refractivity contribution is 0.308. The maximum absolute atomic E-state index is 4.03. The van der Waals surface area contributed by atoms with Gasteiger partial charge in [0.1, 0.15) is 0 Å². The first kappa shape index (κ1) is 10.1. The Kier molecular flexibility index (Phi) is 4.33. The van der Waals surface area contributed by atoms with E-state index in [1.807, 2.05) is 25.2 Å². The van der Waals surface area contributed by atoms with Gasteiger partial charge < -0.3 is 10.2 Å². The second kappa shape index (κ2) is 5.60. The predicted molar refractivity (Wildman–Crippen MR) is 57.5 cm³/mol. The number of piperazine rings is 1. The zero-order valence-corrected chi connectivity index (χ0v) is 8.29. The maximum Gasteiger partial charge on any atom is 0.0303 e. The third kappa shape index (κ3) is 3.47. The first-order chi connectivity index (χ1) is 6.34. The van der Waals surface area contributed by atoms with E-state index in [4.69, 9.17) is 0 Å². The highest BCUT2D eigenvalue weighted by molar-refractivity contribution is 5.18. The molecule has 1 fully saturated rings. The van der Waals surface area contributed by atoms with E-state index < -0.39 is 0 Å². The van der Waals surface area contributed by atoms with Crippen molar-refractivity contribution in [3.63, 3.8) is 0 Å². The Morgan fingerprint density at radius 3 is 2.62 bits per heavy atom. The van der Waals surface area contributed by atoms with Gasteiger partial charge in [0.2, 0.25) is 0 Å². The van der Waals surface area contributed by atoms with Gasteiger partial charge in [-0.05, 0) is 13.0 Å². The van der Waals surface area contributed by atoms with Crippen molar-refractivity contribution in [1.82, 2.24) is 10.2 Å². The molecule has 1 aliphatic rings. The monoisotopic (exact) mass is 178 g/mol. The van der Waals surface area contributed by atoms with Crippen molar-refractivity contribution in [2.45, 2.75) is 6.92 Å². The summed E-state index contributed by atoms with van der Waals surface area (Å²) in [5.74, 6) is 0. The lowest BCUT2D eigenvalue weighted by Gasteiger charge is -2.29. The Morgan fingerprint density at radius 1 is 1.31 bits per heavy atom. The van der Waals surface area contributed by atoms with E-state index in [2.05, 4.69) is 22.9 Å². The highest BCUT2D eigenvalue weighted by Gasteiger charge is 2.08. The van der Waals surface area contributed by atoms with E-state index >= 15 is 0 Å². The Labute approximate surface area is 80.6 Å². The molecule has 2 nitrogen and oxygen atoms in total. The molecule has 0 aromatic heterocycles. The van der Waals surface area contributed by atoms with E-state index in [0.717, 1.165) is 31.9 Å². The Hall–Kier alpha value is -1.02. The van der Waals surface area contributed by atoms with E-state index in [0.29, 0.717) is 0 Å². The summed E-state index contributed by atoms with van der Waals surface area (Å²) < 4.78 is 0. The molecule has 0 saturated carbocycles. The molecule has 0 aromatic carbocycles. The normalized spacial score (nSPS) is 18.7. The molecule has 0 unspecified atom stereocenters. The number of hydrogen-bond acceptors (Lipinski definition) is 2. The Morgan fingerprint density at radius 2 is 2.00 bits per heavy atom. The molecular formula is C11H18N2. The van der Waals surface area contributed by atoms with Crippen LogP contribution in [0, 0.1) is 0 Å². The molecule has 13 heavy (non-hydrogen) atoms. The average Bonchev–Trinajstić information content (AvgIpc) is 2.19. The van der Waals surface area contributed by atoms with Gasteiger partial charge in [0.15, 0.2) is 0 Å². The fraction of sp³-hybridized carbons (Fsp3) is 0.455. The van der Waals surface area contributed by atoms with Gasteiger partial charge >= 0.3 is 0 Å². The molecule has 0 aromatic rings. The van der Waals surface area contributed by atoms with Crippen molar-refractivity contribution in [2.24, 2.45) is 0 Å². The van der Waals surface area contributed by atoms with E-state index in [1.54, 1.807) is 0 Å². The van der Waals surface area contributed by atoms with Crippen molar-refractivity contribution in [3.8, 4) is 0 Å². The standard InChI is InChI=1S/C11H18N2/c1-3-4-5-6-11(2)13-9-7-12-8-10-13/h3-6,12H,2,7-10H2,1H3/b4-3-,6-5-. The minimum Gasteiger partial charge on any atom is -0.369 e. The van der Waals surface area contributed by atoms with E-state index in [1.165, 1.54) is 0 Å². The van der Waals surface area contributed by atoms with E-state index in [-0.39, 0.29) is 0 Å². The number of hydrogen-bond donors (Lipinski definition) is 1. The molecular weight excluding hydrogens is 160 g/mol. The molecule has 0 bridgehead atoms. The number of allylic oxidation sites excluding steroid dienone is 4. The van der Waals surface area contributed by atoms with Gasteiger partial charge in [0.25, 0.3) is 0 Å². The molecule has 0 aliphatic carbocycles. The summed E-state index contributed by atoms with van der Waals surface area (Å²) in [6.07, 6.45) is 8.13. The van der Waals surface area contributed by atoms with Gasteiger partial charge in [-0.3, -0.25) is 0 Å².